The van der Waals surface area contributed by atoms with Crippen molar-refractivity contribution in [1.82, 2.24) is 4.57 Å². The molecule has 1 heterocycles. The summed E-state index contributed by atoms with van der Waals surface area (Å²) in [5, 5.41) is 21.1. The summed E-state index contributed by atoms with van der Waals surface area (Å²) in [7, 11) is 0. The molecule has 39 heavy (non-hydrogen) atoms. The van der Waals surface area contributed by atoms with Gasteiger partial charge >= 0.3 is 0 Å². The zero-order valence-corrected chi connectivity index (χ0v) is 21.5. The molecule has 0 amide bonds. The van der Waals surface area contributed by atoms with Crippen LogP contribution in [0.5, 0.6) is 0 Å². The highest BCUT2D eigenvalue weighted by atomic mass is 19.1. The lowest BCUT2D eigenvalue weighted by atomic mass is 9.82. The maximum atomic E-state index is 14.5. The Morgan fingerprint density at radius 3 is 2.03 bits per heavy atom. The number of fused-ring (bicyclic) bond motifs is 6. The molecule has 0 fully saturated rings. The molecule has 6 aromatic rings. The molecule has 0 aliphatic heterocycles. The smallest absolute Gasteiger partial charge is 0.158 e. The van der Waals surface area contributed by atoms with Gasteiger partial charge in [-0.1, -0.05) is 62.4 Å². The second kappa shape index (κ2) is 8.15. The third kappa shape index (κ3) is 3.19. The van der Waals surface area contributed by atoms with Crippen LogP contribution in [-0.2, 0) is 5.41 Å². The van der Waals surface area contributed by atoms with E-state index in [0.717, 1.165) is 33.1 Å². The van der Waals surface area contributed by atoms with Crippen molar-refractivity contribution in [3.8, 4) is 40.1 Å². The molecule has 1 aliphatic carbocycles. The number of rotatable bonds is 2. The number of para-hydroxylation sites is 1. The lowest BCUT2D eigenvalue weighted by molar-refractivity contribution is 0.620. The number of hydrogen-bond donors (Lipinski definition) is 0. The molecule has 1 aliphatic rings. The van der Waals surface area contributed by atoms with Gasteiger partial charge in [-0.2, -0.15) is 10.5 Å². The van der Waals surface area contributed by atoms with Crippen LogP contribution in [0.2, 0.25) is 0 Å². The molecule has 0 spiro atoms. The molecule has 5 aromatic carbocycles. The molecule has 0 saturated heterocycles. The molecule has 4 heteroatoms. The van der Waals surface area contributed by atoms with Crippen LogP contribution in [0.3, 0.4) is 0 Å². The van der Waals surface area contributed by atoms with E-state index >= 15 is 0 Å². The van der Waals surface area contributed by atoms with E-state index in [4.69, 9.17) is 0 Å². The predicted octanol–water partition coefficient (Wildman–Crippen LogP) is 8.64. The summed E-state index contributed by atoms with van der Waals surface area (Å²) in [5.74, 6) is -0.776. The fourth-order valence-corrected chi connectivity index (χ4v) is 6.20. The van der Waals surface area contributed by atoms with Crippen molar-refractivity contribution in [2.24, 2.45) is 0 Å². The number of hydrogen-bond acceptors (Lipinski definition) is 2. The Morgan fingerprint density at radius 2 is 1.31 bits per heavy atom. The first-order valence-corrected chi connectivity index (χ1v) is 12.8. The lowest BCUT2D eigenvalue weighted by Crippen LogP contribution is -2.14. The van der Waals surface area contributed by atoms with Crippen molar-refractivity contribution in [3.63, 3.8) is 0 Å². The molecule has 7 rings (SSSR count). The molecule has 0 atom stereocenters. The summed E-state index contributed by atoms with van der Waals surface area (Å²) in [6, 6.07) is 36.5. The van der Waals surface area contributed by atoms with Crippen LogP contribution in [0.1, 0.15) is 36.1 Å². The first kappa shape index (κ1) is 23.0. The largest absolute Gasteiger partial charge is 0.309 e. The molecule has 184 valence electrons. The number of nitriles is 2. The molecule has 1 aromatic heterocycles. The lowest BCUT2D eigenvalue weighted by Gasteiger charge is -2.21. The first-order chi connectivity index (χ1) is 18.9. The zero-order chi connectivity index (χ0) is 26.9. The highest BCUT2D eigenvalue weighted by molar-refractivity contribution is 6.12. The average molecular weight is 504 g/mol. The van der Waals surface area contributed by atoms with E-state index in [1.807, 2.05) is 36.4 Å². The first-order valence-electron chi connectivity index (χ1n) is 12.8. The van der Waals surface area contributed by atoms with Crippen molar-refractivity contribution in [2.45, 2.75) is 19.3 Å². The Morgan fingerprint density at radius 1 is 0.641 bits per heavy atom. The Bertz CT molecular complexity index is 2030. The molecule has 3 nitrogen and oxygen atoms in total. The minimum atomic E-state index is -0.776. The minimum absolute atomic E-state index is 0.126. The summed E-state index contributed by atoms with van der Waals surface area (Å²) in [6.45, 7) is 4.57. The van der Waals surface area contributed by atoms with Crippen LogP contribution in [0.25, 0.3) is 49.7 Å². The second-order valence-corrected chi connectivity index (χ2v) is 10.6. The maximum Gasteiger partial charge on any atom is 0.158 e. The SMILES string of the molecule is CC1(C)c2ccccc2-c2cc3c4cc(-c5cc(C#N)c(F)c(C#N)c5)ccc4n(-c4ccccc4)c3cc21. The summed E-state index contributed by atoms with van der Waals surface area (Å²) in [6.07, 6.45) is 0. The highest BCUT2D eigenvalue weighted by Gasteiger charge is 2.36. The van der Waals surface area contributed by atoms with Crippen LogP contribution in [0.15, 0.2) is 97.1 Å². The Hall–Kier alpha value is -5.19. The minimum Gasteiger partial charge on any atom is -0.309 e. The second-order valence-electron chi connectivity index (χ2n) is 10.6. The van der Waals surface area contributed by atoms with Crippen LogP contribution in [0.4, 0.5) is 4.39 Å². The summed E-state index contributed by atoms with van der Waals surface area (Å²) in [4.78, 5) is 0. The van der Waals surface area contributed by atoms with Crippen LogP contribution in [0, 0.1) is 28.5 Å². The molecule has 0 unspecified atom stereocenters. The van der Waals surface area contributed by atoms with Gasteiger partial charge in [0.05, 0.1) is 22.2 Å². The molecule has 0 saturated carbocycles. The Balaban J connectivity index is 1.57. The molecular weight excluding hydrogens is 481 g/mol. The average Bonchev–Trinajstić information content (AvgIpc) is 3.40. The standard InChI is InChI=1S/C35H22FN3/c1-35(2)30-11-7-6-10-26(30)27-17-29-28-16-21(22-14-23(19-37)34(36)24(15-22)20-38)12-13-32(28)39(33(29)18-31(27)35)25-8-4-3-5-9-25/h3-18H,1-2H3. The van der Waals surface area contributed by atoms with Gasteiger partial charge in [-0.3, -0.25) is 0 Å². The van der Waals surface area contributed by atoms with Gasteiger partial charge in [0, 0.05) is 21.9 Å². The van der Waals surface area contributed by atoms with Crippen molar-refractivity contribution in [3.05, 3.63) is 125 Å². The Labute approximate surface area is 225 Å². The van der Waals surface area contributed by atoms with Gasteiger partial charge in [0.25, 0.3) is 0 Å². The van der Waals surface area contributed by atoms with Gasteiger partial charge in [0.15, 0.2) is 5.82 Å². The highest BCUT2D eigenvalue weighted by Crippen LogP contribution is 2.51. The number of nitrogens with zero attached hydrogens (tertiary/aromatic N) is 3. The zero-order valence-electron chi connectivity index (χ0n) is 21.5. The number of benzene rings is 5. The monoisotopic (exact) mass is 503 g/mol. The van der Waals surface area contributed by atoms with Gasteiger partial charge in [-0.25, -0.2) is 4.39 Å². The van der Waals surface area contributed by atoms with Gasteiger partial charge in [-0.05, 0) is 81.9 Å². The van der Waals surface area contributed by atoms with Gasteiger partial charge < -0.3 is 4.57 Å². The maximum absolute atomic E-state index is 14.5. The Kier molecular flexibility index (Phi) is 4.80. The normalized spacial score (nSPS) is 13.2. The van der Waals surface area contributed by atoms with E-state index in [-0.39, 0.29) is 16.5 Å². The van der Waals surface area contributed by atoms with E-state index < -0.39 is 5.82 Å². The van der Waals surface area contributed by atoms with Crippen molar-refractivity contribution >= 4 is 21.8 Å². The number of aromatic nitrogens is 1. The van der Waals surface area contributed by atoms with E-state index in [2.05, 4.69) is 79.1 Å². The molecular formula is C35H22FN3. The van der Waals surface area contributed by atoms with Gasteiger partial charge in [0.1, 0.15) is 12.1 Å². The van der Waals surface area contributed by atoms with Crippen molar-refractivity contribution in [2.75, 3.05) is 0 Å². The van der Waals surface area contributed by atoms with Crippen molar-refractivity contribution < 1.29 is 4.39 Å². The van der Waals surface area contributed by atoms with Crippen LogP contribution >= 0.6 is 0 Å². The summed E-state index contributed by atoms with van der Waals surface area (Å²) >= 11 is 0. The van der Waals surface area contributed by atoms with E-state index in [1.54, 1.807) is 0 Å². The van der Waals surface area contributed by atoms with Gasteiger partial charge in [-0.15, -0.1) is 0 Å². The quantitative estimate of drug-likeness (QED) is 0.237. The van der Waals surface area contributed by atoms with E-state index in [1.165, 1.54) is 34.4 Å². The molecule has 0 N–H and O–H groups in total. The van der Waals surface area contributed by atoms with E-state index in [0.29, 0.717) is 5.56 Å². The van der Waals surface area contributed by atoms with Crippen LogP contribution < -0.4 is 0 Å². The predicted molar refractivity (Wildman–Crippen MR) is 153 cm³/mol. The van der Waals surface area contributed by atoms with Crippen molar-refractivity contribution in [1.29, 1.82) is 10.5 Å². The van der Waals surface area contributed by atoms with E-state index in [9.17, 15) is 14.9 Å². The summed E-state index contributed by atoms with van der Waals surface area (Å²) in [5.41, 5.74) is 9.42. The van der Waals surface area contributed by atoms with Gasteiger partial charge in [0.2, 0.25) is 0 Å². The van der Waals surface area contributed by atoms with Crippen LogP contribution in [-0.4, -0.2) is 4.57 Å². The number of halogens is 1. The molecule has 0 bridgehead atoms. The topological polar surface area (TPSA) is 52.5 Å². The fourth-order valence-electron chi connectivity index (χ4n) is 6.20. The fraction of sp³-hybridized carbons (Fsp3) is 0.0857. The third-order valence-corrected chi connectivity index (χ3v) is 8.13. The summed E-state index contributed by atoms with van der Waals surface area (Å²) < 4.78 is 16.8. The third-order valence-electron chi connectivity index (χ3n) is 8.13. The molecule has 0 radical (unpaired) electrons.